The number of hydrogen-bond donors (Lipinski definition) is 2. The van der Waals surface area contributed by atoms with Crippen LogP contribution in [0.2, 0.25) is 5.02 Å². The van der Waals surface area contributed by atoms with Crippen molar-refractivity contribution in [1.82, 2.24) is 0 Å². The van der Waals surface area contributed by atoms with E-state index in [-0.39, 0.29) is 23.5 Å². The van der Waals surface area contributed by atoms with Crippen molar-refractivity contribution in [3.8, 4) is 0 Å². The van der Waals surface area contributed by atoms with E-state index >= 15 is 0 Å². The van der Waals surface area contributed by atoms with Crippen LogP contribution in [0, 0.1) is 0 Å². The Balaban J connectivity index is 0.00000256. The third-order valence-electron chi connectivity index (χ3n) is 2.20. The smallest absolute Gasteiger partial charge is 0.330 e. The van der Waals surface area contributed by atoms with Crippen LogP contribution >= 0.6 is 24.0 Å². The Bertz CT molecular complexity index is 369. The van der Waals surface area contributed by atoms with Gasteiger partial charge in [-0.25, -0.2) is 0 Å². The maximum Gasteiger partial charge on any atom is 0.417 e. The Hall–Kier alpha value is -0.490. The molecule has 0 fully saturated rings. The van der Waals surface area contributed by atoms with E-state index < -0.39 is 11.7 Å². The topological polar surface area (TPSA) is 52.0 Å². The highest BCUT2D eigenvalue weighted by Crippen LogP contribution is 2.35. The molecule has 0 saturated carbocycles. The van der Waals surface area contributed by atoms with Crippen molar-refractivity contribution in [2.45, 2.75) is 18.6 Å². The third-order valence-corrected chi connectivity index (χ3v) is 2.52. The molecule has 0 aliphatic heterocycles. The fourth-order valence-electron chi connectivity index (χ4n) is 1.34. The van der Waals surface area contributed by atoms with Crippen molar-refractivity contribution in [3.05, 3.63) is 34.3 Å². The summed E-state index contributed by atoms with van der Waals surface area (Å²) in [4.78, 5) is 0. The summed E-state index contributed by atoms with van der Waals surface area (Å²) >= 11 is 5.55. The molecule has 1 aromatic rings. The summed E-state index contributed by atoms with van der Waals surface area (Å²) in [7, 11) is 0. The lowest BCUT2D eigenvalue weighted by molar-refractivity contribution is -0.137. The minimum atomic E-state index is -4.44. The first-order chi connectivity index (χ1) is 7.36. The Morgan fingerprint density at radius 1 is 1.29 bits per heavy atom. The Labute approximate surface area is 109 Å². The van der Waals surface area contributed by atoms with Gasteiger partial charge in [0.2, 0.25) is 0 Å². The Kier molecular flexibility index (Phi) is 6.26. The molecule has 0 bridgehead atoms. The summed E-state index contributed by atoms with van der Waals surface area (Å²) in [6, 6.07) is 3.12. The van der Waals surface area contributed by atoms with Crippen LogP contribution in [0.5, 0.6) is 0 Å². The van der Waals surface area contributed by atoms with Gasteiger partial charge in [0.15, 0.2) is 0 Å². The molecule has 0 heterocycles. The fraction of sp³-hybridized carbons (Fsp3) is 0.400. The molecule has 0 aromatic heterocycles. The predicted molar refractivity (Wildman–Crippen MR) is 64.3 cm³/mol. The quantitative estimate of drug-likeness (QED) is 0.898. The van der Waals surface area contributed by atoms with Gasteiger partial charge in [-0.2, -0.15) is 13.2 Å². The molecule has 0 aliphatic rings. The molecular formula is C10H13Cl2F3N2. The van der Waals surface area contributed by atoms with Gasteiger partial charge in [-0.1, -0.05) is 17.7 Å². The number of rotatable bonds is 3. The number of hydrogen-bond acceptors (Lipinski definition) is 2. The van der Waals surface area contributed by atoms with Gasteiger partial charge in [0.05, 0.1) is 10.6 Å². The molecule has 1 atom stereocenters. The van der Waals surface area contributed by atoms with Gasteiger partial charge in [-0.05, 0) is 30.7 Å². The molecule has 1 aromatic carbocycles. The van der Waals surface area contributed by atoms with Crippen LogP contribution in [0.15, 0.2) is 18.2 Å². The first-order valence-electron chi connectivity index (χ1n) is 4.68. The van der Waals surface area contributed by atoms with Gasteiger partial charge in [0.1, 0.15) is 0 Å². The van der Waals surface area contributed by atoms with Crippen molar-refractivity contribution in [1.29, 1.82) is 0 Å². The summed E-state index contributed by atoms with van der Waals surface area (Å²) in [5, 5.41) is -0.336. The van der Waals surface area contributed by atoms with Gasteiger partial charge in [0, 0.05) is 6.04 Å². The molecule has 98 valence electrons. The maximum absolute atomic E-state index is 12.4. The second-order valence-electron chi connectivity index (χ2n) is 3.42. The maximum atomic E-state index is 12.4. The molecular weight excluding hydrogens is 276 g/mol. The van der Waals surface area contributed by atoms with E-state index in [4.69, 9.17) is 23.1 Å². The molecule has 0 saturated heterocycles. The summed E-state index contributed by atoms with van der Waals surface area (Å²) < 4.78 is 37.2. The van der Waals surface area contributed by atoms with Crippen molar-refractivity contribution in [2.75, 3.05) is 6.54 Å². The van der Waals surface area contributed by atoms with Gasteiger partial charge in [-0.15, -0.1) is 12.4 Å². The number of benzene rings is 1. The van der Waals surface area contributed by atoms with Crippen LogP contribution in [-0.4, -0.2) is 6.54 Å². The van der Waals surface area contributed by atoms with Crippen LogP contribution in [0.25, 0.3) is 0 Å². The first-order valence-corrected chi connectivity index (χ1v) is 5.06. The lowest BCUT2D eigenvalue weighted by Gasteiger charge is -2.14. The summed E-state index contributed by atoms with van der Waals surface area (Å²) in [5.74, 6) is 0. The molecule has 0 amide bonds. The highest BCUT2D eigenvalue weighted by molar-refractivity contribution is 6.31. The van der Waals surface area contributed by atoms with E-state index in [1.807, 2.05) is 0 Å². The second kappa shape index (κ2) is 6.44. The lowest BCUT2D eigenvalue weighted by Crippen LogP contribution is -2.16. The molecule has 17 heavy (non-hydrogen) atoms. The molecule has 4 N–H and O–H groups in total. The average molecular weight is 289 g/mol. The Morgan fingerprint density at radius 3 is 2.29 bits per heavy atom. The number of alkyl halides is 3. The molecule has 0 spiro atoms. The van der Waals surface area contributed by atoms with Crippen LogP contribution in [0.1, 0.15) is 23.6 Å². The van der Waals surface area contributed by atoms with E-state index in [9.17, 15) is 13.2 Å². The zero-order valence-electron chi connectivity index (χ0n) is 8.80. The van der Waals surface area contributed by atoms with Crippen molar-refractivity contribution in [3.63, 3.8) is 0 Å². The molecule has 2 nitrogen and oxygen atoms in total. The standard InChI is InChI=1S/C10H12ClF3N2.ClH/c11-8-5-6(9(16)3-4-15)1-2-7(8)10(12,13)14;/h1-2,5,9H,3-4,15-16H2;1H/t9-;/m0./s1. The van der Waals surface area contributed by atoms with E-state index in [1.165, 1.54) is 12.1 Å². The van der Waals surface area contributed by atoms with E-state index in [2.05, 4.69) is 0 Å². The monoisotopic (exact) mass is 288 g/mol. The predicted octanol–water partition coefficient (Wildman–Crippen LogP) is 3.13. The van der Waals surface area contributed by atoms with E-state index in [0.29, 0.717) is 18.5 Å². The fourth-order valence-corrected chi connectivity index (χ4v) is 1.63. The number of halogens is 5. The van der Waals surface area contributed by atoms with Crippen LogP contribution < -0.4 is 11.5 Å². The summed E-state index contributed by atoms with van der Waals surface area (Å²) in [6.07, 6.45) is -3.94. The highest BCUT2D eigenvalue weighted by Gasteiger charge is 2.33. The van der Waals surface area contributed by atoms with Gasteiger partial charge in [-0.3, -0.25) is 0 Å². The lowest BCUT2D eigenvalue weighted by atomic mass is 10.0. The zero-order valence-corrected chi connectivity index (χ0v) is 10.4. The minimum Gasteiger partial charge on any atom is -0.330 e. The molecule has 0 unspecified atom stereocenters. The zero-order chi connectivity index (χ0) is 12.3. The molecule has 1 rings (SSSR count). The van der Waals surface area contributed by atoms with Crippen molar-refractivity contribution < 1.29 is 13.2 Å². The third kappa shape index (κ3) is 4.35. The summed E-state index contributed by atoms with van der Waals surface area (Å²) in [5.41, 5.74) is 10.7. The first kappa shape index (κ1) is 16.5. The van der Waals surface area contributed by atoms with E-state index in [0.717, 1.165) is 6.07 Å². The number of nitrogens with two attached hydrogens (primary N) is 2. The average Bonchev–Trinajstić information content (AvgIpc) is 2.16. The van der Waals surface area contributed by atoms with Crippen LogP contribution in [0.4, 0.5) is 13.2 Å². The molecule has 0 aliphatic carbocycles. The minimum absolute atomic E-state index is 0. The molecule has 7 heteroatoms. The van der Waals surface area contributed by atoms with Crippen LogP contribution in [0.3, 0.4) is 0 Å². The van der Waals surface area contributed by atoms with Crippen molar-refractivity contribution in [2.24, 2.45) is 11.5 Å². The van der Waals surface area contributed by atoms with Gasteiger partial charge >= 0.3 is 6.18 Å². The normalized spacial score (nSPS) is 13.1. The van der Waals surface area contributed by atoms with Gasteiger partial charge in [0.25, 0.3) is 0 Å². The van der Waals surface area contributed by atoms with Gasteiger partial charge < -0.3 is 11.5 Å². The molecule has 0 radical (unpaired) electrons. The summed E-state index contributed by atoms with van der Waals surface area (Å²) in [6.45, 7) is 0.375. The Morgan fingerprint density at radius 2 is 1.88 bits per heavy atom. The van der Waals surface area contributed by atoms with E-state index in [1.54, 1.807) is 0 Å². The second-order valence-corrected chi connectivity index (χ2v) is 3.83. The SMILES string of the molecule is Cl.NCC[C@H](N)c1ccc(C(F)(F)F)c(Cl)c1. The van der Waals surface area contributed by atoms with Crippen LogP contribution in [-0.2, 0) is 6.18 Å². The largest absolute Gasteiger partial charge is 0.417 e. The highest BCUT2D eigenvalue weighted by atomic mass is 35.5. The van der Waals surface area contributed by atoms with Crippen molar-refractivity contribution >= 4 is 24.0 Å².